The maximum atomic E-state index is 12.4. The van der Waals surface area contributed by atoms with E-state index in [1.807, 2.05) is 0 Å². The first-order chi connectivity index (χ1) is 9.42. The number of nitrogens with one attached hydrogen (secondary N) is 2. The van der Waals surface area contributed by atoms with E-state index in [4.69, 9.17) is 4.74 Å². The molecule has 2 N–H and O–H groups in total. The molecule has 8 heteroatoms. The number of rotatable bonds is 4. The van der Waals surface area contributed by atoms with E-state index in [0.717, 1.165) is 19.4 Å². The highest BCUT2D eigenvalue weighted by Crippen LogP contribution is 2.27. The van der Waals surface area contributed by atoms with Crippen LogP contribution in [-0.4, -0.2) is 34.2 Å². The van der Waals surface area contributed by atoms with Crippen LogP contribution in [0.1, 0.15) is 19.8 Å². The van der Waals surface area contributed by atoms with E-state index in [1.54, 1.807) is 25.3 Å². The fourth-order valence-corrected chi connectivity index (χ4v) is 4.34. The van der Waals surface area contributed by atoms with Crippen molar-refractivity contribution in [3.8, 4) is 5.75 Å². The van der Waals surface area contributed by atoms with Gasteiger partial charge in [-0.05, 0) is 60.4 Å². The Labute approximate surface area is 140 Å². The van der Waals surface area contributed by atoms with Crippen molar-refractivity contribution < 1.29 is 13.2 Å². The fraction of sp³-hybridized carbons (Fsp3) is 0.538. The van der Waals surface area contributed by atoms with Crippen LogP contribution in [0.3, 0.4) is 0 Å². The molecule has 2 rings (SSSR count). The Morgan fingerprint density at radius 1 is 1.43 bits per heavy atom. The molecule has 1 aliphatic heterocycles. The standard InChI is InChI=1S/C13H19BrN2O3S.ClH/c1-9-7-10(5-6-15-9)16-20(17,18)11-3-4-13(19-2)12(14)8-11;/h3-4,8-10,15-16H,5-7H2,1-2H3;1H. The molecule has 1 saturated heterocycles. The molecule has 21 heavy (non-hydrogen) atoms. The molecule has 1 aromatic rings. The maximum absolute atomic E-state index is 12.4. The normalized spacial score (nSPS) is 22.4. The van der Waals surface area contributed by atoms with Crippen LogP contribution in [0, 0.1) is 0 Å². The molecule has 0 bridgehead atoms. The second-order valence-electron chi connectivity index (χ2n) is 4.99. The lowest BCUT2D eigenvalue weighted by Gasteiger charge is -2.28. The molecule has 0 aliphatic carbocycles. The summed E-state index contributed by atoms with van der Waals surface area (Å²) in [6.07, 6.45) is 1.61. The van der Waals surface area contributed by atoms with Gasteiger partial charge in [0.2, 0.25) is 10.0 Å². The Bertz CT molecular complexity index is 583. The van der Waals surface area contributed by atoms with Gasteiger partial charge in [-0.2, -0.15) is 0 Å². The van der Waals surface area contributed by atoms with Crippen LogP contribution in [-0.2, 0) is 10.0 Å². The highest BCUT2D eigenvalue weighted by Gasteiger charge is 2.24. The lowest BCUT2D eigenvalue weighted by atomic mass is 10.0. The number of piperidine rings is 1. The van der Waals surface area contributed by atoms with Gasteiger partial charge < -0.3 is 10.1 Å². The third-order valence-electron chi connectivity index (χ3n) is 3.38. The smallest absolute Gasteiger partial charge is 0.240 e. The summed E-state index contributed by atoms with van der Waals surface area (Å²) >= 11 is 3.31. The van der Waals surface area contributed by atoms with Crippen molar-refractivity contribution >= 4 is 38.4 Å². The zero-order valence-corrected chi connectivity index (χ0v) is 15.1. The summed E-state index contributed by atoms with van der Waals surface area (Å²) in [4.78, 5) is 0.247. The summed E-state index contributed by atoms with van der Waals surface area (Å²) in [5.41, 5.74) is 0. The number of hydrogen-bond donors (Lipinski definition) is 2. The van der Waals surface area contributed by atoms with Gasteiger partial charge in [-0.25, -0.2) is 13.1 Å². The molecule has 1 heterocycles. The summed E-state index contributed by atoms with van der Waals surface area (Å²) in [6, 6.07) is 5.07. The zero-order chi connectivity index (χ0) is 14.8. The van der Waals surface area contributed by atoms with Gasteiger partial charge in [-0.3, -0.25) is 0 Å². The van der Waals surface area contributed by atoms with Gasteiger partial charge in [-0.1, -0.05) is 0 Å². The van der Waals surface area contributed by atoms with Crippen LogP contribution in [0.25, 0.3) is 0 Å². The summed E-state index contributed by atoms with van der Waals surface area (Å²) in [7, 11) is -1.95. The highest BCUT2D eigenvalue weighted by atomic mass is 79.9. The van der Waals surface area contributed by atoms with Gasteiger partial charge in [0.1, 0.15) is 5.75 Å². The summed E-state index contributed by atoms with van der Waals surface area (Å²) in [5.74, 6) is 0.611. The molecule has 120 valence electrons. The van der Waals surface area contributed by atoms with Gasteiger partial charge in [-0.15, -0.1) is 12.4 Å². The first-order valence-electron chi connectivity index (χ1n) is 6.51. The van der Waals surface area contributed by atoms with Gasteiger partial charge in [0.05, 0.1) is 16.5 Å². The second-order valence-corrected chi connectivity index (χ2v) is 7.56. The zero-order valence-electron chi connectivity index (χ0n) is 11.9. The van der Waals surface area contributed by atoms with E-state index in [-0.39, 0.29) is 23.3 Å². The average molecular weight is 400 g/mol. The Hall–Kier alpha value is -0.340. The summed E-state index contributed by atoms with van der Waals surface area (Å²) in [6.45, 7) is 2.89. The predicted molar refractivity (Wildman–Crippen MR) is 88.8 cm³/mol. The monoisotopic (exact) mass is 398 g/mol. The molecule has 0 radical (unpaired) electrons. The van der Waals surface area contributed by atoms with Crippen molar-refractivity contribution in [2.45, 2.75) is 36.7 Å². The van der Waals surface area contributed by atoms with Crippen molar-refractivity contribution in [3.63, 3.8) is 0 Å². The van der Waals surface area contributed by atoms with E-state index >= 15 is 0 Å². The molecule has 1 aromatic carbocycles. The second kappa shape index (κ2) is 7.78. The van der Waals surface area contributed by atoms with E-state index in [9.17, 15) is 8.42 Å². The Balaban J connectivity index is 0.00000220. The number of ether oxygens (including phenoxy) is 1. The Morgan fingerprint density at radius 3 is 2.71 bits per heavy atom. The van der Waals surface area contributed by atoms with E-state index in [1.165, 1.54) is 0 Å². The largest absolute Gasteiger partial charge is 0.496 e. The number of sulfonamides is 1. The topological polar surface area (TPSA) is 67.4 Å². The SMILES string of the molecule is COc1ccc(S(=O)(=O)NC2CCNC(C)C2)cc1Br.Cl. The molecular weight excluding hydrogens is 380 g/mol. The highest BCUT2D eigenvalue weighted by molar-refractivity contribution is 9.10. The summed E-state index contributed by atoms with van der Waals surface area (Å²) in [5, 5.41) is 3.30. The molecule has 0 amide bonds. The lowest BCUT2D eigenvalue weighted by molar-refractivity contribution is 0.361. The van der Waals surface area contributed by atoms with Gasteiger partial charge in [0.15, 0.2) is 0 Å². The number of benzene rings is 1. The van der Waals surface area contributed by atoms with Crippen LogP contribution in [0.15, 0.2) is 27.6 Å². The van der Waals surface area contributed by atoms with Gasteiger partial charge in [0, 0.05) is 12.1 Å². The molecule has 0 saturated carbocycles. The molecule has 1 aliphatic rings. The molecule has 2 atom stereocenters. The maximum Gasteiger partial charge on any atom is 0.240 e. The minimum atomic E-state index is -3.49. The van der Waals surface area contributed by atoms with Gasteiger partial charge >= 0.3 is 0 Å². The van der Waals surface area contributed by atoms with Crippen LogP contribution in [0.4, 0.5) is 0 Å². The van der Waals surface area contributed by atoms with Crippen LogP contribution in [0.2, 0.25) is 0 Å². The quantitative estimate of drug-likeness (QED) is 0.815. The Kier molecular flexibility index (Phi) is 6.93. The van der Waals surface area contributed by atoms with E-state index in [2.05, 4.69) is 32.9 Å². The Morgan fingerprint density at radius 2 is 2.14 bits per heavy atom. The molecule has 5 nitrogen and oxygen atoms in total. The van der Waals surface area contributed by atoms with E-state index < -0.39 is 10.0 Å². The minimum Gasteiger partial charge on any atom is -0.496 e. The van der Waals surface area contributed by atoms with Crippen molar-refractivity contribution in [3.05, 3.63) is 22.7 Å². The third kappa shape index (κ3) is 4.82. The van der Waals surface area contributed by atoms with Crippen LogP contribution < -0.4 is 14.8 Å². The van der Waals surface area contributed by atoms with Crippen LogP contribution in [0.5, 0.6) is 5.75 Å². The average Bonchev–Trinajstić information content (AvgIpc) is 2.38. The fourth-order valence-electron chi connectivity index (χ4n) is 2.34. The minimum absolute atomic E-state index is 0. The van der Waals surface area contributed by atoms with Gasteiger partial charge in [0.25, 0.3) is 0 Å². The van der Waals surface area contributed by atoms with Crippen molar-refractivity contribution in [2.24, 2.45) is 0 Å². The first-order valence-corrected chi connectivity index (χ1v) is 8.79. The van der Waals surface area contributed by atoms with Crippen molar-refractivity contribution in [2.75, 3.05) is 13.7 Å². The van der Waals surface area contributed by atoms with Crippen molar-refractivity contribution in [1.82, 2.24) is 10.0 Å². The summed E-state index contributed by atoms with van der Waals surface area (Å²) < 4.78 is 33.2. The number of hydrogen-bond acceptors (Lipinski definition) is 4. The first kappa shape index (κ1) is 18.7. The predicted octanol–water partition coefficient (Wildman–Crippen LogP) is 2.30. The van der Waals surface area contributed by atoms with E-state index in [0.29, 0.717) is 16.3 Å². The number of halogens is 2. The molecular formula is C13H20BrClN2O3S. The molecule has 2 unspecified atom stereocenters. The molecule has 0 aromatic heterocycles. The van der Waals surface area contributed by atoms with Crippen molar-refractivity contribution in [1.29, 1.82) is 0 Å². The lowest BCUT2D eigenvalue weighted by Crippen LogP contribution is -2.46. The molecule has 0 spiro atoms. The number of methoxy groups -OCH3 is 1. The molecule has 1 fully saturated rings. The van der Waals surface area contributed by atoms with Crippen LogP contribution >= 0.6 is 28.3 Å². The third-order valence-corrected chi connectivity index (χ3v) is 5.52.